The van der Waals surface area contributed by atoms with Crippen molar-refractivity contribution in [1.82, 2.24) is 14.6 Å². The number of nitrogens with one attached hydrogen (secondary N) is 2. The van der Waals surface area contributed by atoms with Gasteiger partial charge in [-0.3, -0.25) is 9.59 Å². The van der Waals surface area contributed by atoms with Crippen LogP contribution in [0.3, 0.4) is 0 Å². The summed E-state index contributed by atoms with van der Waals surface area (Å²) in [5, 5.41) is 12.8. The molecular formula is C25H29N3O5S. The van der Waals surface area contributed by atoms with Gasteiger partial charge in [-0.2, -0.15) is 4.31 Å². The Hall–Kier alpha value is -3.01. The van der Waals surface area contributed by atoms with Crippen molar-refractivity contribution in [2.45, 2.75) is 56.7 Å². The minimum atomic E-state index is -3.73. The van der Waals surface area contributed by atoms with E-state index in [1.165, 1.54) is 28.6 Å². The fourth-order valence-corrected chi connectivity index (χ4v) is 6.06. The van der Waals surface area contributed by atoms with Crippen LogP contribution in [0.4, 0.5) is 0 Å². The first-order chi connectivity index (χ1) is 16.2. The molecule has 0 spiro atoms. The Morgan fingerprint density at radius 1 is 1.18 bits per heavy atom. The molecule has 8 nitrogen and oxygen atoms in total. The van der Waals surface area contributed by atoms with Crippen molar-refractivity contribution in [3.63, 3.8) is 0 Å². The lowest BCUT2D eigenvalue weighted by Crippen LogP contribution is -2.41. The normalized spacial score (nSPS) is 18.0. The van der Waals surface area contributed by atoms with E-state index in [9.17, 15) is 23.1 Å². The fourth-order valence-electron chi connectivity index (χ4n) is 4.34. The van der Waals surface area contributed by atoms with Gasteiger partial charge in [0.1, 0.15) is 0 Å². The summed E-state index contributed by atoms with van der Waals surface area (Å²) in [4.78, 5) is 28.0. The second-order valence-corrected chi connectivity index (χ2v) is 10.7. The molecule has 180 valence electrons. The van der Waals surface area contributed by atoms with Gasteiger partial charge in [-0.05, 0) is 56.0 Å². The van der Waals surface area contributed by atoms with E-state index in [0.29, 0.717) is 17.4 Å². The van der Waals surface area contributed by atoms with Gasteiger partial charge in [-0.25, -0.2) is 8.42 Å². The van der Waals surface area contributed by atoms with E-state index >= 15 is 0 Å². The number of nitrogens with zero attached hydrogens (tertiary/aromatic N) is 1. The number of pyridine rings is 1. The molecule has 1 aliphatic rings. The number of aliphatic hydroxyl groups is 1. The smallest absolute Gasteiger partial charge is 0.252 e. The first kappa shape index (κ1) is 24.1. The Balaban J connectivity index is 1.64. The van der Waals surface area contributed by atoms with Crippen molar-refractivity contribution in [2.24, 2.45) is 0 Å². The van der Waals surface area contributed by atoms with Crippen LogP contribution >= 0.6 is 0 Å². The highest BCUT2D eigenvalue weighted by molar-refractivity contribution is 7.89. The number of rotatable bonds is 6. The topological polar surface area (TPSA) is 120 Å². The Morgan fingerprint density at radius 3 is 2.59 bits per heavy atom. The zero-order valence-electron chi connectivity index (χ0n) is 19.2. The Morgan fingerprint density at radius 2 is 1.91 bits per heavy atom. The van der Waals surface area contributed by atoms with Crippen LogP contribution in [0.15, 0.2) is 58.2 Å². The van der Waals surface area contributed by atoms with Gasteiger partial charge in [0.25, 0.3) is 5.91 Å². The van der Waals surface area contributed by atoms with Crippen LogP contribution in [-0.4, -0.2) is 41.3 Å². The fraction of sp³-hybridized carbons (Fsp3) is 0.360. The maximum absolute atomic E-state index is 13.3. The van der Waals surface area contributed by atoms with Crippen molar-refractivity contribution in [1.29, 1.82) is 0 Å². The van der Waals surface area contributed by atoms with Gasteiger partial charge in [-0.1, -0.05) is 30.7 Å². The second-order valence-electron chi connectivity index (χ2n) is 8.82. The quantitative estimate of drug-likeness (QED) is 0.498. The van der Waals surface area contributed by atoms with Crippen LogP contribution in [0, 0.1) is 0 Å². The highest BCUT2D eigenvalue weighted by Gasteiger charge is 2.31. The standard InChI is InChI=1S/C25H29N3O5S/c1-16-5-3-4-12-28(16)34(32,33)20-10-11-23-21(13-20)22(14-24(30)27-23)25(31)26-15-18-6-8-19(9-7-18)17(2)29/h6-11,13-14,16-17,29H,3-5,12,15H2,1-2H3,(H,26,31)(H,27,30). The van der Waals surface area contributed by atoms with Crippen LogP contribution in [0.2, 0.25) is 0 Å². The lowest BCUT2D eigenvalue weighted by molar-refractivity contribution is 0.0952. The molecule has 34 heavy (non-hydrogen) atoms. The third-order valence-corrected chi connectivity index (χ3v) is 8.33. The van der Waals surface area contributed by atoms with Crippen molar-refractivity contribution in [3.8, 4) is 0 Å². The number of H-pyrrole nitrogens is 1. The van der Waals surface area contributed by atoms with E-state index in [4.69, 9.17) is 0 Å². The molecule has 2 aromatic carbocycles. The Kier molecular flexibility index (Phi) is 6.88. The van der Waals surface area contributed by atoms with Gasteiger partial charge in [0, 0.05) is 36.1 Å². The molecule has 1 aliphatic heterocycles. The van der Waals surface area contributed by atoms with Crippen LogP contribution in [0.5, 0.6) is 0 Å². The number of carbonyl (C=O) groups is 1. The molecule has 3 N–H and O–H groups in total. The number of amides is 1. The first-order valence-corrected chi connectivity index (χ1v) is 12.8. The number of carbonyl (C=O) groups excluding carboxylic acids is 1. The molecule has 4 rings (SSSR count). The summed E-state index contributed by atoms with van der Waals surface area (Å²) in [6, 6.07) is 12.8. The molecule has 1 fully saturated rings. The van der Waals surface area contributed by atoms with E-state index in [0.717, 1.165) is 30.4 Å². The van der Waals surface area contributed by atoms with Gasteiger partial charge in [-0.15, -0.1) is 0 Å². The van der Waals surface area contributed by atoms with Gasteiger partial charge in [0.2, 0.25) is 15.6 Å². The molecule has 0 bridgehead atoms. The summed E-state index contributed by atoms with van der Waals surface area (Å²) < 4.78 is 28.1. The minimum absolute atomic E-state index is 0.0898. The molecular weight excluding hydrogens is 454 g/mol. The molecule has 1 amide bonds. The van der Waals surface area contributed by atoms with Gasteiger partial charge >= 0.3 is 0 Å². The molecule has 0 aliphatic carbocycles. The molecule has 1 saturated heterocycles. The summed E-state index contributed by atoms with van der Waals surface area (Å²) in [7, 11) is -3.73. The van der Waals surface area contributed by atoms with Crippen LogP contribution in [0.1, 0.15) is 60.7 Å². The van der Waals surface area contributed by atoms with E-state index in [1.54, 1.807) is 19.1 Å². The Labute approximate surface area is 198 Å². The third-order valence-electron chi connectivity index (χ3n) is 6.32. The van der Waals surface area contributed by atoms with E-state index in [-0.39, 0.29) is 23.0 Å². The van der Waals surface area contributed by atoms with Gasteiger partial charge < -0.3 is 15.4 Å². The number of hydrogen-bond donors (Lipinski definition) is 3. The molecule has 3 aromatic rings. The predicted molar refractivity (Wildman–Crippen MR) is 130 cm³/mol. The zero-order valence-corrected chi connectivity index (χ0v) is 20.1. The van der Waals surface area contributed by atoms with E-state index < -0.39 is 27.6 Å². The van der Waals surface area contributed by atoms with Crippen molar-refractivity contribution < 1.29 is 18.3 Å². The second kappa shape index (κ2) is 9.69. The highest BCUT2D eigenvalue weighted by atomic mass is 32.2. The number of fused-ring (bicyclic) bond motifs is 1. The molecule has 0 saturated carbocycles. The van der Waals surface area contributed by atoms with Gasteiger partial charge in [0.05, 0.1) is 16.6 Å². The number of aromatic amines is 1. The van der Waals surface area contributed by atoms with Crippen LogP contribution in [-0.2, 0) is 16.6 Å². The average Bonchev–Trinajstić information content (AvgIpc) is 2.82. The molecule has 9 heteroatoms. The summed E-state index contributed by atoms with van der Waals surface area (Å²) in [6.45, 7) is 4.27. The van der Waals surface area contributed by atoms with Gasteiger partial charge in [0.15, 0.2) is 0 Å². The minimum Gasteiger partial charge on any atom is -0.389 e. The number of sulfonamides is 1. The lowest BCUT2D eigenvalue weighted by atomic mass is 10.1. The zero-order chi connectivity index (χ0) is 24.5. The average molecular weight is 484 g/mol. The summed E-state index contributed by atoms with van der Waals surface area (Å²) >= 11 is 0. The number of aromatic nitrogens is 1. The first-order valence-electron chi connectivity index (χ1n) is 11.4. The summed E-state index contributed by atoms with van der Waals surface area (Å²) in [5.41, 5.74) is 1.66. The third kappa shape index (κ3) is 4.91. The van der Waals surface area contributed by atoms with E-state index in [2.05, 4.69) is 10.3 Å². The summed E-state index contributed by atoms with van der Waals surface area (Å²) in [6.07, 6.45) is 2.05. The van der Waals surface area contributed by atoms with Crippen LogP contribution < -0.4 is 10.9 Å². The predicted octanol–water partition coefficient (Wildman–Crippen LogP) is 3.07. The number of aliphatic hydroxyl groups excluding tert-OH is 1. The monoisotopic (exact) mass is 483 g/mol. The Bertz CT molecular complexity index is 1360. The van der Waals surface area contributed by atoms with Crippen molar-refractivity contribution >= 4 is 26.8 Å². The molecule has 2 unspecified atom stereocenters. The largest absolute Gasteiger partial charge is 0.389 e. The SMILES string of the molecule is CC(O)c1ccc(CNC(=O)c2cc(=O)[nH]c3ccc(S(=O)(=O)N4CCCCC4C)cc23)cc1. The van der Waals surface area contributed by atoms with Crippen molar-refractivity contribution in [2.75, 3.05) is 6.54 Å². The number of piperidine rings is 1. The molecule has 2 heterocycles. The maximum atomic E-state index is 13.3. The lowest BCUT2D eigenvalue weighted by Gasteiger charge is -2.32. The summed E-state index contributed by atoms with van der Waals surface area (Å²) in [5.74, 6) is -0.475. The molecule has 0 radical (unpaired) electrons. The van der Waals surface area contributed by atoms with Crippen LogP contribution in [0.25, 0.3) is 10.9 Å². The molecule has 1 aromatic heterocycles. The maximum Gasteiger partial charge on any atom is 0.252 e. The highest BCUT2D eigenvalue weighted by Crippen LogP contribution is 2.27. The number of benzene rings is 2. The molecule has 2 atom stereocenters. The van der Waals surface area contributed by atoms with E-state index in [1.807, 2.05) is 19.1 Å². The number of hydrogen-bond acceptors (Lipinski definition) is 5. The van der Waals surface area contributed by atoms with Crippen molar-refractivity contribution in [3.05, 3.63) is 75.6 Å².